The molecule has 3 rings (SSSR count). The highest BCUT2D eigenvalue weighted by Crippen LogP contribution is 2.37. The molecule has 0 bridgehead atoms. The fourth-order valence-electron chi connectivity index (χ4n) is 3.32. The molecule has 4 heteroatoms. The minimum absolute atomic E-state index is 0.0157. The first kappa shape index (κ1) is 11.7. The smallest absolute Gasteiger partial charge is 0.241 e. The molecule has 1 aliphatic heterocycles. The molecule has 4 nitrogen and oxygen atoms in total. The normalized spacial score (nSPS) is 30.2. The zero-order valence-electron chi connectivity index (χ0n) is 10.6. The third kappa shape index (κ3) is 2.12. The number of hydrogen-bond donors (Lipinski definition) is 2. The van der Waals surface area contributed by atoms with E-state index in [0.717, 1.165) is 17.8 Å². The molecular formula is C14H19N3O. The Morgan fingerprint density at radius 2 is 2.33 bits per heavy atom. The molecule has 0 radical (unpaired) electrons. The van der Waals surface area contributed by atoms with Gasteiger partial charge in [-0.3, -0.25) is 9.78 Å². The number of pyridine rings is 1. The van der Waals surface area contributed by atoms with Gasteiger partial charge >= 0.3 is 0 Å². The molecule has 18 heavy (non-hydrogen) atoms. The van der Waals surface area contributed by atoms with E-state index in [4.69, 9.17) is 0 Å². The standard InChI is InChI=1S/C14H19N3O/c1-9-5-11(8-15-6-9)17-14(18)13-12-4-2-3-10(12)7-16-13/h5-6,8,10,12-13,16H,2-4,7H2,1H3,(H,17,18). The van der Waals surface area contributed by atoms with Crippen LogP contribution in [0.25, 0.3) is 0 Å². The van der Waals surface area contributed by atoms with Gasteiger partial charge in [-0.05, 0) is 49.8 Å². The molecule has 1 saturated carbocycles. The lowest BCUT2D eigenvalue weighted by molar-refractivity contribution is -0.118. The van der Waals surface area contributed by atoms with E-state index in [-0.39, 0.29) is 11.9 Å². The Morgan fingerprint density at radius 3 is 3.17 bits per heavy atom. The summed E-state index contributed by atoms with van der Waals surface area (Å²) in [4.78, 5) is 16.4. The molecule has 2 N–H and O–H groups in total. The van der Waals surface area contributed by atoms with Crippen LogP contribution in [0.15, 0.2) is 18.5 Å². The van der Waals surface area contributed by atoms with E-state index in [1.165, 1.54) is 19.3 Å². The van der Waals surface area contributed by atoms with Crippen molar-refractivity contribution < 1.29 is 4.79 Å². The Bertz CT molecular complexity index is 460. The molecule has 2 fully saturated rings. The quantitative estimate of drug-likeness (QED) is 0.834. The Hall–Kier alpha value is -1.42. The number of fused-ring (bicyclic) bond motifs is 1. The van der Waals surface area contributed by atoms with Gasteiger partial charge in [-0.25, -0.2) is 0 Å². The highest BCUT2D eigenvalue weighted by molar-refractivity contribution is 5.95. The maximum absolute atomic E-state index is 12.3. The van der Waals surface area contributed by atoms with Crippen LogP contribution in [0.1, 0.15) is 24.8 Å². The zero-order chi connectivity index (χ0) is 12.5. The third-order valence-electron chi connectivity index (χ3n) is 4.17. The van der Waals surface area contributed by atoms with Crippen LogP contribution in [0.3, 0.4) is 0 Å². The van der Waals surface area contributed by atoms with E-state index in [1.807, 2.05) is 13.0 Å². The summed E-state index contributed by atoms with van der Waals surface area (Å²) in [6.07, 6.45) is 7.21. The summed E-state index contributed by atoms with van der Waals surface area (Å²) in [5.74, 6) is 1.33. The second-order valence-corrected chi connectivity index (χ2v) is 5.48. The lowest BCUT2D eigenvalue weighted by Crippen LogP contribution is -2.39. The summed E-state index contributed by atoms with van der Waals surface area (Å²) in [5.41, 5.74) is 1.86. The minimum atomic E-state index is -0.0157. The fraction of sp³-hybridized carbons (Fsp3) is 0.571. The van der Waals surface area contributed by atoms with Crippen molar-refractivity contribution in [3.8, 4) is 0 Å². The molecule has 1 aliphatic carbocycles. The third-order valence-corrected chi connectivity index (χ3v) is 4.17. The number of nitrogens with zero attached hydrogens (tertiary/aromatic N) is 1. The summed E-state index contributed by atoms with van der Waals surface area (Å²) in [7, 11) is 0. The largest absolute Gasteiger partial charge is 0.323 e. The molecular weight excluding hydrogens is 226 g/mol. The van der Waals surface area contributed by atoms with Crippen molar-refractivity contribution in [2.24, 2.45) is 11.8 Å². The van der Waals surface area contributed by atoms with Crippen molar-refractivity contribution in [1.82, 2.24) is 10.3 Å². The molecule has 0 aromatic carbocycles. The van der Waals surface area contributed by atoms with Gasteiger partial charge in [0.25, 0.3) is 0 Å². The average Bonchev–Trinajstić information content (AvgIpc) is 2.89. The van der Waals surface area contributed by atoms with Gasteiger partial charge in [-0.15, -0.1) is 0 Å². The molecule has 1 aromatic rings. The predicted octanol–water partition coefficient (Wildman–Crippen LogP) is 1.72. The zero-order valence-corrected chi connectivity index (χ0v) is 10.6. The molecule has 1 saturated heterocycles. The van der Waals surface area contributed by atoms with Gasteiger partial charge in [-0.1, -0.05) is 6.42 Å². The summed E-state index contributed by atoms with van der Waals surface area (Å²) in [5, 5.41) is 6.33. The van der Waals surface area contributed by atoms with Crippen LogP contribution in [0.5, 0.6) is 0 Å². The van der Waals surface area contributed by atoms with E-state index >= 15 is 0 Å². The molecule has 1 aromatic heterocycles. The van der Waals surface area contributed by atoms with Crippen LogP contribution < -0.4 is 10.6 Å². The van der Waals surface area contributed by atoms with Gasteiger partial charge in [0, 0.05) is 6.20 Å². The van der Waals surface area contributed by atoms with E-state index in [2.05, 4.69) is 15.6 Å². The van der Waals surface area contributed by atoms with Crippen LogP contribution in [0.2, 0.25) is 0 Å². The van der Waals surface area contributed by atoms with Crippen LogP contribution in [-0.2, 0) is 4.79 Å². The van der Waals surface area contributed by atoms with E-state index in [1.54, 1.807) is 12.4 Å². The van der Waals surface area contributed by atoms with Crippen LogP contribution >= 0.6 is 0 Å². The number of carbonyl (C=O) groups excluding carboxylic acids is 1. The van der Waals surface area contributed by atoms with Gasteiger partial charge in [0.2, 0.25) is 5.91 Å². The average molecular weight is 245 g/mol. The number of aromatic nitrogens is 1. The number of amides is 1. The van der Waals surface area contributed by atoms with Gasteiger partial charge in [0.1, 0.15) is 0 Å². The number of anilines is 1. The van der Waals surface area contributed by atoms with Gasteiger partial charge in [0.05, 0.1) is 17.9 Å². The Labute approximate surface area is 107 Å². The van der Waals surface area contributed by atoms with Gasteiger partial charge in [0.15, 0.2) is 0 Å². The first-order chi connectivity index (χ1) is 8.74. The Balaban J connectivity index is 1.68. The molecule has 2 aliphatic rings. The second-order valence-electron chi connectivity index (χ2n) is 5.48. The maximum atomic E-state index is 12.3. The monoisotopic (exact) mass is 245 g/mol. The van der Waals surface area contributed by atoms with E-state index in [0.29, 0.717) is 11.8 Å². The van der Waals surface area contributed by atoms with E-state index < -0.39 is 0 Å². The summed E-state index contributed by atoms with van der Waals surface area (Å²) in [6.45, 7) is 2.97. The summed E-state index contributed by atoms with van der Waals surface area (Å²) >= 11 is 0. The van der Waals surface area contributed by atoms with Crippen molar-refractivity contribution in [3.63, 3.8) is 0 Å². The number of aryl methyl sites for hydroxylation is 1. The molecule has 3 unspecified atom stereocenters. The van der Waals surface area contributed by atoms with Crippen molar-refractivity contribution >= 4 is 11.6 Å². The molecule has 96 valence electrons. The Kier molecular flexibility index (Phi) is 3.04. The molecule has 2 heterocycles. The van der Waals surface area contributed by atoms with Crippen molar-refractivity contribution in [2.45, 2.75) is 32.2 Å². The fourth-order valence-corrected chi connectivity index (χ4v) is 3.32. The number of nitrogens with one attached hydrogen (secondary N) is 2. The maximum Gasteiger partial charge on any atom is 0.241 e. The van der Waals surface area contributed by atoms with Crippen molar-refractivity contribution in [1.29, 1.82) is 0 Å². The first-order valence-corrected chi connectivity index (χ1v) is 6.70. The van der Waals surface area contributed by atoms with Gasteiger partial charge < -0.3 is 10.6 Å². The second kappa shape index (κ2) is 4.69. The number of carbonyl (C=O) groups is 1. The minimum Gasteiger partial charge on any atom is -0.323 e. The van der Waals surface area contributed by atoms with Crippen LogP contribution in [0, 0.1) is 18.8 Å². The van der Waals surface area contributed by atoms with Crippen molar-refractivity contribution in [2.75, 3.05) is 11.9 Å². The SMILES string of the molecule is Cc1cncc(NC(=O)C2NCC3CCCC32)c1. The lowest BCUT2D eigenvalue weighted by Gasteiger charge is -2.17. The lowest BCUT2D eigenvalue weighted by atomic mass is 9.93. The first-order valence-electron chi connectivity index (χ1n) is 6.70. The van der Waals surface area contributed by atoms with Gasteiger partial charge in [-0.2, -0.15) is 0 Å². The van der Waals surface area contributed by atoms with Crippen molar-refractivity contribution in [3.05, 3.63) is 24.0 Å². The molecule has 0 spiro atoms. The number of rotatable bonds is 2. The number of hydrogen-bond acceptors (Lipinski definition) is 3. The summed E-state index contributed by atoms with van der Waals surface area (Å²) < 4.78 is 0. The predicted molar refractivity (Wildman–Crippen MR) is 70.2 cm³/mol. The topological polar surface area (TPSA) is 54.0 Å². The highest BCUT2D eigenvalue weighted by atomic mass is 16.2. The summed E-state index contributed by atoms with van der Waals surface area (Å²) in [6, 6.07) is 1.93. The van der Waals surface area contributed by atoms with E-state index in [9.17, 15) is 4.79 Å². The van der Waals surface area contributed by atoms with Crippen LogP contribution in [-0.4, -0.2) is 23.5 Å². The highest BCUT2D eigenvalue weighted by Gasteiger charge is 2.42. The van der Waals surface area contributed by atoms with Crippen LogP contribution in [0.4, 0.5) is 5.69 Å². The Morgan fingerprint density at radius 1 is 1.44 bits per heavy atom. The molecule has 1 amide bonds. The molecule has 3 atom stereocenters.